The van der Waals surface area contributed by atoms with Gasteiger partial charge in [0.2, 0.25) is 0 Å². The number of hydrogen-bond donors (Lipinski definition) is 1. The first kappa shape index (κ1) is 12.6. The second-order valence-electron chi connectivity index (χ2n) is 5.49. The van der Waals surface area contributed by atoms with Gasteiger partial charge in [-0.3, -0.25) is 14.4 Å². The molecule has 2 rings (SSSR count). The van der Waals surface area contributed by atoms with Gasteiger partial charge in [-0.1, -0.05) is 13.8 Å². The van der Waals surface area contributed by atoms with Gasteiger partial charge in [0.25, 0.3) is 0 Å². The van der Waals surface area contributed by atoms with Gasteiger partial charge in [-0.15, -0.1) is 0 Å². The van der Waals surface area contributed by atoms with E-state index in [-0.39, 0.29) is 42.0 Å². The zero-order valence-electron chi connectivity index (χ0n) is 10.4. The van der Waals surface area contributed by atoms with Gasteiger partial charge in [0.05, 0.1) is 18.3 Å². The van der Waals surface area contributed by atoms with Crippen molar-refractivity contribution in [3.05, 3.63) is 11.9 Å². The summed E-state index contributed by atoms with van der Waals surface area (Å²) >= 11 is 0. The minimum atomic E-state index is -1.10. The molecule has 18 heavy (non-hydrogen) atoms. The summed E-state index contributed by atoms with van der Waals surface area (Å²) in [6, 6.07) is 0. The Kier molecular flexibility index (Phi) is 3.11. The van der Waals surface area contributed by atoms with Gasteiger partial charge in [0.1, 0.15) is 5.92 Å². The average Bonchev–Trinajstić information content (AvgIpc) is 2.66. The third-order valence-electron chi connectivity index (χ3n) is 3.09. The van der Waals surface area contributed by atoms with Gasteiger partial charge in [0, 0.05) is 12.8 Å². The van der Waals surface area contributed by atoms with E-state index in [0.717, 1.165) is 0 Å². The Balaban J connectivity index is 2.11. The average molecular weight is 249 g/mol. The first-order valence-corrected chi connectivity index (χ1v) is 5.82. The smallest absolute Gasteiger partial charge is 0.156 e. The zero-order valence-corrected chi connectivity index (χ0v) is 10.4. The maximum absolute atomic E-state index is 12.0. The van der Waals surface area contributed by atoms with Gasteiger partial charge in [0.15, 0.2) is 17.3 Å². The lowest BCUT2D eigenvalue weighted by molar-refractivity contribution is -0.144. The summed E-state index contributed by atoms with van der Waals surface area (Å²) in [4.78, 5) is 35.8. The van der Waals surface area contributed by atoms with Crippen molar-refractivity contribution < 1.29 is 14.4 Å². The number of H-pyrrole nitrogens is 1. The summed E-state index contributed by atoms with van der Waals surface area (Å²) in [5, 5.41) is 9.72. The molecule has 1 fully saturated rings. The van der Waals surface area contributed by atoms with Crippen molar-refractivity contribution in [2.45, 2.75) is 33.1 Å². The first-order chi connectivity index (χ1) is 8.39. The molecule has 1 aliphatic rings. The fraction of sp³-hybridized carbons (Fsp3) is 0.583. The SMILES string of the molecule is CC1(C)CC(=O)C(C(=O)Cc2cn[nH]n2)C(=O)C1. The molecule has 6 heteroatoms. The third kappa shape index (κ3) is 2.52. The second-order valence-corrected chi connectivity index (χ2v) is 5.49. The monoisotopic (exact) mass is 249 g/mol. The lowest BCUT2D eigenvalue weighted by atomic mass is 9.70. The minimum absolute atomic E-state index is 0.0287. The normalized spacial score (nSPS) is 20.1. The molecule has 1 aromatic heterocycles. The first-order valence-electron chi connectivity index (χ1n) is 5.82. The molecule has 0 spiro atoms. The lowest BCUT2D eigenvalue weighted by Gasteiger charge is -2.31. The largest absolute Gasteiger partial charge is 0.298 e. The molecule has 0 unspecified atom stereocenters. The summed E-state index contributed by atoms with van der Waals surface area (Å²) in [5.41, 5.74) is 0.115. The van der Waals surface area contributed by atoms with Crippen molar-refractivity contribution in [1.82, 2.24) is 15.4 Å². The van der Waals surface area contributed by atoms with E-state index in [9.17, 15) is 14.4 Å². The summed E-state index contributed by atoms with van der Waals surface area (Å²) in [7, 11) is 0. The molecular weight excluding hydrogens is 234 g/mol. The van der Waals surface area contributed by atoms with Crippen LogP contribution in [0.5, 0.6) is 0 Å². The van der Waals surface area contributed by atoms with Crippen molar-refractivity contribution in [3.63, 3.8) is 0 Å². The van der Waals surface area contributed by atoms with Crippen LogP contribution in [0, 0.1) is 11.3 Å². The fourth-order valence-corrected chi connectivity index (χ4v) is 2.34. The quantitative estimate of drug-likeness (QED) is 0.787. The van der Waals surface area contributed by atoms with Crippen molar-refractivity contribution in [3.8, 4) is 0 Å². The molecule has 1 N–H and O–H groups in total. The Hall–Kier alpha value is -1.85. The standard InChI is InChI=1S/C12H15N3O3/c1-12(2)4-9(17)11(10(18)5-12)8(16)3-7-6-13-15-14-7/h6,11H,3-5H2,1-2H3,(H,13,14,15). The zero-order chi connectivity index (χ0) is 13.3. The number of aromatic amines is 1. The third-order valence-corrected chi connectivity index (χ3v) is 3.09. The Morgan fingerprint density at radius 1 is 1.39 bits per heavy atom. The summed E-state index contributed by atoms with van der Waals surface area (Å²) in [6.45, 7) is 3.72. The molecule has 0 aliphatic heterocycles. The number of nitrogens with one attached hydrogen (secondary N) is 1. The highest BCUT2D eigenvalue weighted by molar-refractivity contribution is 6.21. The van der Waals surface area contributed by atoms with Crippen LogP contribution in [0.15, 0.2) is 6.20 Å². The molecule has 6 nitrogen and oxygen atoms in total. The predicted octanol–water partition coefficient (Wildman–Crippen LogP) is 0.491. The van der Waals surface area contributed by atoms with E-state index >= 15 is 0 Å². The number of carbonyl (C=O) groups is 3. The highest BCUT2D eigenvalue weighted by atomic mass is 16.2. The summed E-state index contributed by atoms with van der Waals surface area (Å²) in [6.07, 6.45) is 1.93. The maximum atomic E-state index is 12.0. The highest BCUT2D eigenvalue weighted by Crippen LogP contribution is 2.34. The molecule has 0 saturated heterocycles. The van der Waals surface area contributed by atoms with E-state index in [1.54, 1.807) is 0 Å². The van der Waals surface area contributed by atoms with Gasteiger partial charge in [-0.2, -0.15) is 15.4 Å². The van der Waals surface area contributed by atoms with Gasteiger partial charge in [-0.25, -0.2) is 0 Å². The molecule has 0 aromatic carbocycles. The molecule has 0 radical (unpaired) electrons. The van der Waals surface area contributed by atoms with Crippen molar-refractivity contribution in [1.29, 1.82) is 0 Å². The molecular formula is C12H15N3O3. The van der Waals surface area contributed by atoms with Crippen LogP contribution in [-0.4, -0.2) is 32.8 Å². The number of hydrogen-bond acceptors (Lipinski definition) is 5. The lowest BCUT2D eigenvalue weighted by Crippen LogP contribution is -2.42. The molecule has 1 heterocycles. The van der Waals surface area contributed by atoms with Crippen LogP contribution in [-0.2, 0) is 20.8 Å². The molecule has 0 amide bonds. The topological polar surface area (TPSA) is 92.8 Å². The van der Waals surface area contributed by atoms with Crippen LogP contribution in [0.2, 0.25) is 0 Å². The van der Waals surface area contributed by atoms with E-state index in [0.29, 0.717) is 5.69 Å². The Labute approximate surface area is 104 Å². The number of nitrogens with zero attached hydrogens (tertiary/aromatic N) is 2. The highest BCUT2D eigenvalue weighted by Gasteiger charge is 2.43. The fourth-order valence-electron chi connectivity index (χ4n) is 2.34. The maximum Gasteiger partial charge on any atom is 0.156 e. The van der Waals surface area contributed by atoms with Crippen LogP contribution < -0.4 is 0 Å². The molecule has 0 bridgehead atoms. The van der Waals surface area contributed by atoms with Crippen molar-refractivity contribution in [2.24, 2.45) is 11.3 Å². The van der Waals surface area contributed by atoms with E-state index in [1.807, 2.05) is 13.8 Å². The van der Waals surface area contributed by atoms with E-state index in [2.05, 4.69) is 15.4 Å². The number of rotatable bonds is 3. The van der Waals surface area contributed by atoms with Crippen LogP contribution in [0.4, 0.5) is 0 Å². The Morgan fingerprint density at radius 3 is 2.50 bits per heavy atom. The number of aromatic nitrogens is 3. The van der Waals surface area contributed by atoms with Crippen LogP contribution in [0.3, 0.4) is 0 Å². The van der Waals surface area contributed by atoms with Gasteiger partial charge in [-0.05, 0) is 5.41 Å². The van der Waals surface area contributed by atoms with Crippen LogP contribution in [0.25, 0.3) is 0 Å². The second kappa shape index (κ2) is 4.44. The van der Waals surface area contributed by atoms with E-state index in [1.165, 1.54) is 6.20 Å². The molecule has 1 saturated carbocycles. The minimum Gasteiger partial charge on any atom is -0.298 e. The van der Waals surface area contributed by atoms with Crippen LogP contribution in [0.1, 0.15) is 32.4 Å². The molecule has 1 aromatic rings. The number of ketones is 3. The predicted molar refractivity (Wildman–Crippen MR) is 61.6 cm³/mol. The van der Waals surface area contributed by atoms with E-state index in [4.69, 9.17) is 0 Å². The van der Waals surface area contributed by atoms with Crippen molar-refractivity contribution in [2.75, 3.05) is 0 Å². The summed E-state index contributed by atoms with van der Waals surface area (Å²) < 4.78 is 0. The number of Topliss-reactive ketones (excluding diaryl/α,β-unsaturated/α-hetero) is 3. The Bertz CT molecular complexity index is 471. The van der Waals surface area contributed by atoms with Crippen molar-refractivity contribution >= 4 is 17.3 Å². The molecule has 1 aliphatic carbocycles. The number of carbonyl (C=O) groups excluding carboxylic acids is 3. The molecule has 0 atom stereocenters. The van der Waals surface area contributed by atoms with Gasteiger partial charge >= 0.3 is 0 Å². The summed E-state index contributed by atoms with van der Waals surface area (Å²) in [5.74, 6) is -2.03. The van der Waals surface area contributed by atoms with Crippen LogP contribution >= 0.6 is 0 Å². The molecule has 96 valence electrons. The van der Waals surface area contributed by atoms with Gasteiger partial charge < -0.3 is 0 Å². The Morgan fingerprint density at radius 2 is 2.00 bits per heavy atom. The van der Waals surface area contributed by atoms with E-state index < -0.39 is 5.92 Å².